The second-order valence-corrected chi connectivity index (χ2v) is 5.33. The molecule has 5 nitrogen and oxygen atoms in total. The highest BCUT2D eigenvalue weighted by molar-refractivity contribution is 6.01. The molecule has 1 aromatic rings. The molecule has 0 bridgehead atoms. The molecule has 0 heterocycles. The van der Waals surface area contributed by atoms with Crippen molar-refractivity contribution in [2.75, 3.05) is 11.9 Å². The molecule has 116 valence electrons. The Morgan fingerprint density at radius 1 is 1.19 bits per heavy atom. The maximum absolute atomic E-state index is 11.9. The highest BCUT2D eigenvalue weighted by Gasteiger charge is 2.16. The van der Waals surface area contributed by atoms with Crippen molar-refractivity contribution in [3.63, 3.8) is 0 Å². The molecule has 0 radical (unpaired) electrons. The van der Waals surface area contributed by atoms with Gasteiger partial charge in [0.25, 0.3) is 0 Å². The standard InChI is InChI=1S/C16H24N2O3/c1-5-12(6-2)9-17-16(21)18-14-11(4)7-10(3)8-13(14)15(19)20/h7-8,12H,5-6,9H2,1-4H3,(H,19,20)(H2,17,18,21). The Kier molecular flexibility index (Phi) is 6.21. The number of carboxylic acids is 1. The summed E-state index contributed by atoms with van der Waals surface area (Å²) in [7, 11) is 0. The third-order valence-corrected chi connectivity index (χ3v) is 3.65. The van der Waals surface area contributed by atoms with Gasteiger partial charge in [-0.1, -0.05) is 32.8 Å². The van der Waals surface area contributed by atoms with Crippen LogP contribution >= 0.6 is 0 Å². The fourth-order valence-corrected chi connectivity index (χ4v) is 2.27. The molecule has 3 N–H and O–H groups in total. The molecule has 0 spiro atoms. The Morgan fingerprint density at radius 2 is 1.81 bits per heavy atom. The molecule has 0 fully saturated rings. The lowest BCUT2D eigenvalue weighted by Crippen LogP contribution is -2.33. The highest BCUT2D eigenvalue weighted by atomic mass is 16.4. The van der Waals surface area contributed by atoms with Gasteiger partial charge in [-0.2, -0.15) is 0 Å². The van der Waals surface area contributed by atoms with Gasteiger partial charge in [0.2, 0.25) is 0 Å². The summed E-state index contributed by atoms with van der Waals surface area (Å²) in [5.74, 6) is -0.606. The van der Waals surface area contributed by atoms with Crippen LogP contribution in [0.15, 0.2) is 12.1 Å². The van der Waals surface area contributed by atoms with Gasteiger partial charge in [-0.15, -0.1) is 0 Å². The molecule has 2 amide bonds. The zero-order valence-electron chi connectivity index (χ0n) is 13.1. The number of carbonyl (C=O) groups is 2. The number of nitrogens with one attached hydrogen (secondary N) is 2. The molecular formula is C16H24N2O3. The van der Waals surface area contributed by atoms with Gasteiger partial charge in [-0.25, -0.2) is 9.59 Å². The summed E-state index contributed by atoms with van der Waals surface area (Å²) in [6, 6.07) is 3.05. The fourth-order valence-electron chi connectivity index (χ4n) is 2.27. The molecule has 0 aliphatic carbocycles. The number of hydrogen-bond donors (Lipinski definition) is 3. The molecular weight excluding hydrogens is 268 g/mol. The summed E-state index contributed by atoms with van der Waals surface area (Å²) in [4.78, 5) is 23.2. The molecule has 0 saturated heterocycles. The first-order chi connectivity index (χ1) is 9.88. The van der Waals surface area contributed by atoms with Gasteiger partial charge in [0.05, 0.1) is 11.3 Å². The largest absolute Gasteiger partial charge is 0.478 e. The van der Waals surface area contributed by atoms with Crippen LogP contribution in [0.2, 0.25) is 0 Å². The quantitative estimate of drug-likeness (QED) is 0.750. The van der Waals surface area contributed by atoms with Crippen molar-refractivity contribution in [2.45, 2.75) is 40.5 Å². The maximum Gasteiger partial charge on any atom is 0.337 e. The van der Waals surface area contributed by atoms with Crippen LogP contribution in [-0.2, 0) is 0 Å². The van der Waals surface area contributed by atoms with Crippen molar-refractivity contribution >= 4 is 17.7 Å². The second-order valence-electron chi connectivity index (χ2n) is 5.33. The van der Waals surface area contributed by atoms with Gasteiger partial charge in [0, 0.05) is 6.54 Å². The summed E-state index contributed by atoms with van der Waals surface area (Å²) in [5.41, 5.74) is 2.07. The molecule has 0 aliphatic heterocycles. The number of carbonyl (C=O) groups excluding carboxylic acids is 1. The predicted molar refractivity (Wildman–Crippen MR) is 84.0 cm³/mol. The van der Waals surface area contributed by atoms with Crippen LogP contribution in [0.5, 0.6) is 0 Å². The van der Waals surface area contributed by atoms with Crippen LogP contribution in [0.1, 0.15) is 48.2 Å². The van der Waals surface area contributed by atoms with Gasteiger partial charge in [0.1, 0.15) is 0 Å². The summed E-state index contributed by atoms with van der Waals surface area (Å²) in [6.07, 6.45) is 2.00. The SMILES string of the molecule is CCC(CC)CNC(=O)Nc1c(C)cc(C)cc1C(=O)O. The smallest absolute Gasteiger partial charge is 0.337 e. The van der Waals surface area contributed by atoms with E-state index in [1.807, 2.05) is 13.0 Å². The number of anilines is 1. The molecule has 0 saturated carbocycles. The topological polar surface area (TPSA) is 78.4 Å². The van der Waals surface area contributed by atoms with E-state index in [0.29, 0.717) is 18.2 Å². The first kappa shape index (κ1) is 17.0. The van der Waals surface area contributed by atoms with E-state index in [-0.39, 0.29) is 11.6 Å². The number of benzene rings is 1. The Balaban J connectivity index is 2.83. The zero-order valence-corrected chi connectivity index (χ0v) is 13.1. The number of amides is 2. The van der Waals surface area contributed by atoms with Crippen LogP contribution in [0.3, 0.4) is 0 Å². The minimum absolute atomic E-state index is 0.116. The molecule has 0 aromatic heterocycles. The lowest BCUT2D eigenvalue weighted by atomic mass is 10.0. The number of aromatic carboxylic acids is 1. The van der Waals surface area contributed by atoms with Crippen LogP contribution in [0, 0.1) is 19.8 Å². The number of hydrogen-bond acceptors (Lipinski definition) is 2. The molecule has 0 unspecified atom stereocenters. The van der Waals surface area contributed by atoms with Gasteiger partial charge >= 0.3 is 12.0 Å². The van der Waals surface area contributed by atoms with E-state index in [1.165, 1.54) is 0 Å². The second kappa shape index (κ2) is 7.67. The van der Waals surface area contributed by atoms with Gasteiger partial charge < -0.3 is 15.7 Å². The van der Waals surface area contributed by atoms with Crippen molar-refractivity contribution in [3.8, 4) is 0 Å². The predicted octanol–water partition coefficient (Wildman–Crippen LogP) is 3.56. The van der Waals surface area contributed by atoms with Crippen LogP contribution in [0.4, 0.5) is 10.5 Å². The number of urea groups is 1. The maximum atomic E-state index is 11.9. The molecule has 5 heteroatoms. The van der Waals surface area contributed by atoms with Crippen LogP contribution < -0.4 is 10.6 Å². The van der Waals surface area contributed by atoms with Crippen molar-refractivity contribution in [1.82, 2.24) is 5.32 Å². The fraction of sp³-hybridized carbons (Fsp3) is 0.500. The minimum Gasteiger partial charge on any atom is -0.478 e. The van der Waals surface area contributed by atoms with Gasteiger partial charge in [-0.05, 0) is 37.0 Å². The Labute approximate surface area is 125 Å². The molecule has 1 aromatic carbocycles. The molecule has 21 heavy (non-hydrogen) atoms. The molecule has 0 aliphatic rings. The average molecular weight is 292 g/mol. The average Bonchev–Trinajstić information content (AvgIpc) is 2.42. The van der Waals surface area contributed by atoms with E-state index in [4.69, 9.17) is 0 Å². The Morgan fingerprint density at radius 3 is 2.33 bits per heavy atom. The van der Waals surface area contributed by atoms with Crippen LogP contribution in [0.25, 0.3) is 0 Å². The zero-order chi connectivity index (χ0) is 16.0. The van der Waals surface area contributed by atoms with E-state index in [1.54, 1.807) is 13.0 Å². The van der Waals surface area contributed by atoms with Crippen molar-refractivity contribution in [2.24, 2.45) is 5.92 Å². The first-order valence-corrected chi connectivity index (χ1v) is 7.28. The number of aryl methyl sites for hydroxylation is 2. The summed E-state index contributed by atoms with van der Waals surface area (Å²) >= 11 is 0. The van der Waals surface area contributed by atoms with Crippen molar-refractivity contribution < 1.29 is 14.7 Å². The Hall–Kier alpha value is -2.04. The molecule has 1 rings (SSSR count). The van der Waals surface area contributed by atoms with E-state index >= 15 is 0 Å². The Bertz CT molecular complexity index is 522. The number of rotatable bonds is 6. The van der Waals surface area contributed by atoms with Crippen LogP contribution in [-0.4, -0.2) is 23.7 Å². The van der Waals surface area contributed by atoms with Gasteiger partial charge in [-0.3, -0.25) is 0 Å². The third kappa shape index (κ3) is 4.77. The highest BCUT2D eigenvalue weighted by Crippen LogP contribution is 2.22. The summed E-state index contributed by atoms with van der Waals surface area (Å²) in [6.45, 7) is 8.37. The summed E-state index contributed by atoms with van der Waals surface area (Å²) in [5, 5.41) is 14.7. The van der Waals surface area contributed by atoms with Crippen molar-refractivity contribution in [1.29, 1.82) is 0 Å². The van der Waals surface area contributed by atoms with E-state index in [9.17, 15) is 14.7 Å². The third-order valence-electron chi connectivity index (χ3n) is 3.65. The van der Waals surface area contributed by atoms with E-state index in [0.717, 1.165) is 24.0 Å². The minimum atomic E-state index is -1.04. The van der Waals surface area contributed by atoms with E-state index in [2.05, 4.69) is 24.5 Å². The monoisotopic (exact) mass is 292 g/mol. The first-order valence-electron chi connectivity index (χ1n) is 7.28. The lowest BCUT2D eigenvalue weighted by molar-refractivity contribution is 0.0698. The lowest BCUT2D eigenvalue weighted by Gasteiger charge is -2.16. The van der Waals surface area contributed by atoms with Crippen molar-refractivity contribution in [3.05, 3.63) is 28.8 Å². The van der Waals surface area contributed by atoms with E-state index < -0.39 is 5.97 Å². The summed E-state index contributed by atoms with van der Waals surface area (Å²) < 4.78 is 0. The normalized spacial score (nSPS) is 10.5. The molecule has 0 atom stereocenters. The van der Waals surface area contributed by atoms with Gasteiger partial charge in [0.15, 0.2) is 0 Å². The number of carboxylic acid groups (broad SMARTS) is 1.